The summed E-state index contributed by atoms with van der Waals surface area (Å²) in [7, 11) is 0. The maximum absolute atomic E-state index is 12.0. The van der Waals surface area contributed by atoms with E-state index in [1.54, 1.807) is 0 Å². The number of carbonyl (C=O) groups is 1. The van der Waals surface area contributed by atoms with Crippen LogP contribution in [0.15, 0.2) is 4.58 Å². The van der Waals surface area contributed by atoms with Crippen LogP contribution in [-0.4, -0.2) is 53.2 Å². The van der Waals surface area contributed by atoms with E-state index in [9.17, 15) is 9.70 Å². The molecule has 0 aromatic rings. The molecule has 98 valence electrons. The average Bonchev–Trinajstić information content (AvgIpc) is 2.28. The SMILES string of the molecule is CCN1CCN(C(=O)CC(C)(C)SN=O)CC1. The molecule has 6 heteroatoms. The summed E-state index contributed by atoms with van der Waals surface area (Å²) in [6.45, 7) is 10.4. The van der Waals surface area contributed by atoms with Crippen molar-refractivity contribution in [1.29, 1.82) is 0 Å². The Kier molecular flexibility index (Phi) is 5.39. The lowest BCUT2D eigenvalue weighted by Gasteiger charge is -2.35. The van der Waals surface area contributed by atoms with Crippen molar-refractivity contribution in [3.8, 4) is 0 Å². The lowest BCUT2D eigenvalue weighted by molar-refractivity contribution is -0.133. The van der Waals surface area contributed by atoms with Crippen molar-refractivity contribution < 1.29 is 4.79 Å². The number of rotatable bonds is 5. The summed E-state index contributed by atoms with van der Waals surface area (Å²) in [6, 6.07) is 0. The van der Waals surface area contributed by atoms with Crippen molar-refractivity contribution in [2.45, 2.75) is 31.9 Å². The van der Waals surface area contributed by atoms with Gasteiger partial charge in [0.15, 0.2) is 0 Å². The van der Waals surface area contributed by atoms with E-state index in [1.165, 1.54) is 0 Å². The van der Waals surface area contributed by atoms with Crippen LogP contribution >= 0.6 is 11.9 Å². The number of nitroso groups, excluding NO2 is 1. The van der Waals surface area contributed by atoms with Gasteiger partial charge in [-0.3, -0.25) is 4.79 Å². The van der Waals surface area contributed by atoms with Gasteiger partial charge in [0.05, 0.1) is 0 Å². The van der Waals surface area contributed by atoms with Gasteiger partial charge >= 0.3 is 0 Å². The molecule has 0 aliphatic carbocycles. The normalized spacial score (nSPS) is 18.2. The summed E-state index contributed by atoms with van der Waals surface area (Å²) in [6.07, 6.45) is 0.371. The Bertz CT molecular complexity index is 276. The van der Waals surface area contributed by atoms with Gasteiger partial charge in [-0.25, -0.2) is 0 Å². The summed E-state index contributed by atoms with van der Waals surface area (Å²) in [5, 5.41) is 0. The number of likely N-dealkylation sites (N-methyl/N-ethyl adjacent to an activating group) is 1. The number of amides is 1. The van der Waals surface area contributed by atoms with Crippen molar-refractivity contribution in [3.05, 3.63) is 4.91 Å². The molecule has 0 radical (unpaired) electrons. The molecule has 0 saturated carbocycles. The molecule has 0 unspecified atom stereocenters. The lowest BCUT2D eigenvalue weighted by Crippen LogP contribution is -2.49. The maximum Gasteiger partial charge on any atom is 0.224 e. The molecular formula is C11H21N3O2S. The predicted molar refractivity (Wildman–Crippen MR) is 70.8 cm³/mol. The fourth-order valence-corrected chi connectivity index (χ4v) is 2.31. The molecule has 1 rings (SSSR count). The monoisotopic (exact) mass is 259 g/mol. The van der Waals surface area contributed by atoms with Gasteiger partial charge in [-0.1, -0.05) is 6.92 Å². The Balaban J connectivity index is 2.41. The zero-order chi connectivity index (χ0) is 12.9. The number of nitrogens with zero attached hydrogens (tertiary/aromatic N) is 3. The first kappa shape index (κ1) is 14.4. The van der Waals surface area contributed by atoms with Crippen molar-refractivity contribution in [1.82, 2.24) is 9.80 Å². The molecule has 0 N–H and O–H groups in total. The molecule has 5 nitrogen and oxygen atoms in total. The molecule has 1 amide bonds. The van der Waals surface area contributed by atoms with Gasteiger partial charge in [-0.2, -0.15) is 0 Å². The standard InChI is InChI=1S/C11H21N3O2S/c1-4-13-5-7-14(8-6-13)10(15)9-11(2,3)17-12-16/h4-9H2,1-3H3. The Morgan fingerprint density at radius 1 is 1.29 bits per heavy atom. The van der Waals surface area contributed by atoms with E-state index in [0.29, 0.717) is 6.42 Å². The predicted octanol–water partition coefficient (Wildman–Crippen LogP) is 1.73. The third-order valence-electron chi connectivity index (χ3n) is 3.03. The van der Waals surface area contributed by atoms with Gasteiger partial charge in [0, 0.05) is 53.9 Å². The van der Waals surface area contributed by atoms with Gasteiger partial charge in [0.1, 0.15) is 0 Å². The first-order valence-corrected chi connectivity index (χ1v) is 6.77. The molecule has 0 aromatic carbocycles. The molecule has 1 aliphatic rings. The summed E-state index contributed by atoms with van der Waals surface area (Å²) in [5.74, 6) is 0.127. The van der Waals surface area contributed by atoms with Gasteiger partial charge in [0.2, 0.25) is 5.91 Å². The highest BCUT2D eigenvalue weighted by Gasteiger charge is 2.28. The van der Waals surface area contributed by atoms with E-state index in [-0.39, 0.29) is 5.91 Å². The Morgan fingerprint density at radius 2 is 1.88 bits per heavy atom. The van der Waals surface area contributed by atoms with Gasteiger partial charge in [0.25, 0.3) is 0 Å². The van der Waals surface area contributed by atoms with E-state index in [1.807, 2.05) is 18.7 Å². The van der Waals surface area contributed by atoms with E-state index in [4.69, 9.17) is 0 Å². The van der Waals surface area contributed by atoms with E-state index >= 15 is 0 Å². The highest BCUT2D eigenvalue weighted by atomic mass is 32.2. The molecule has 1 aliphatic heterocycles. The van der Waals surface area contributed by atoms with Crippen LogP contribution in [0.5, 0.6) is 0 Å². The first-order chi connectivity index (χ1) is 7.98. The fraction of sp³-hybridized carbons (Fsp3) is 0.909. The zero-order valence-electron chi connectivity index (χ0n) is 10.8. The van der Waals surface area contributed by atoms with Crippen molar-refractivity contribution in [3.63, 3.8) is 0 Å². The molecular weight excluding hydrogens is 238 g/mol. The molecule has 0 spiro atoms. The van der Waals surface area contributed by atoms with Crippen LogP contribution in [0.25, 0.3) is 0 Å². The van der Waals surface area contributed by atoms with E-state index < -0.39 is 4.75 Å². The van der Waals surface area contributed by atoms with Gasteiger partial charge in [-0.05, 0) is 20.4 Å². The minimum Gasteiger partial charge on any atom is -0.340 e. The summed E-state index contributed by atoms with van der Waals surface area (Å²) < 4.78 is 2.42. The minimum absolute atomic E-state index is 0.127. The second-order valence-corrected chi connectivity index (χ2v) is 6.35. The van der Waals surface area contributed by atoms with E-state index in [2.05, 4.69) is 16.4 Å². The minimum atomic E-state index is -0.402. The first-order valence-electron chi connectivity index (χ1n) is 5.99. The highest BCUT2D eigenvalue weighted by molar-refractivity contribution is 7.99. The Labute approximate surface area is 107 Å². The van der Waals surface area contributed by atoms with Crippen LogP contribution in [0.1, 0.15) is 27.2 Å². The number of hydrogen-bond acceptors (Lipinski definition) is 5. The quantitative estimate of drug-likeness (QED) is 0.557. The van der Waals surface area contributed by atoms with Crippen LogP contribution in [-0.2, 0) is 4.79 Å². The zero-order valence-corrected chi connectivity index (χ0v) is 11.6. The summed E-state index contributed by atoms with van der Waals surface area (Å²) >= 11 is 0.942. The number of carbonyl (C=O) groups excluding carboxylic acids is 1. The largest absolute Gasteiger partial charge is 0.340 e. The van der Waals surface area contributed by atoms with Crippen LogP contribution < -0.4 is 0 Å². The number of hydrogen-bond donors (Lipinski definition) is 0. The molecule has 0 bridgehead atoms. The topological polar surface area (TPSA) is 53.0 Å². The van der Waals surface area contributed by atoms with Crippen LogP contribution in [0.2, 0.25) is 0 Å². The van der Waals surface area contributed by atoms with Crippen LogP contribution in [0.4, 0.5) is 0 Å². The fourth-order valence-electron chi connectivity index (χ4n) is 1.92. The second kappa shape index (κ2) is 6.35. The smallest absolute Gasteiger partial charge is 0.224 e. The molecule has 0 atom stereocenters. The van der Waals surface area contributed by atoms with Gasteiger partial charge < -0.3 is 9.80 Å². The van der Waals surface area contributed by atoms with Crippen LogP contribution in [0, 0.1) is 4.91 Å². The summed E-state index contributed by atoms with van der Waals surface area (Å²) in [5.41, 5.74) is 0. The Hall–Kier alpha value is -0.620. The molecule has 17 heavy (non-hydrogen) atoms. The van der Waals surface area contributed by atoms with Crippen LogP contribution in [0.3, 0.4) is 0 Å². The summed E-state index contributed by atoms with van der Waals surface area (Å²) in [4.78, 5) is 26.5. The maximum atomic E-state index is 12.0. The van der Waals surface area contributed by atoms with Crippen molar-refractivity contribution >= 4 is 17.9 Å². The highest BCUT2D eigenvalue weighted by Crippen LogP contribution is 2.29. The lowest BCUT2D eigenvalue weighted by atomic mass is 10.1. The molecule has 0 aromatic heterocycles. The molecule has 1 fully saturated rings. The van der Waals surface area contributed by atoms with Crippen molar-refractivity contribution in [2.75, 3.05) is 32.7 Å². The average molecular weight is 259 g/mol. The molecule has 1 heterocycles. The second-order valence-electron chi connectivity index (χ2n) is 4.92. The van der Waals surface area contributed by atoms with E-state index in [0.717, 1.165) is 44.7 Å². The third kappa shape index (κ3) is 4.63. The number of piperazine rings is 1. The Morgan fingerprint density at radius 3 is 2.35 bits per heavy atom. The van der Waals surface area contributed by atoms with Gasteiger partial charge in [-0.15, -0.1) is 4.91 Å². The van der Waals surface area contributed by atoms with Crippen molar-refractivity contribution in [2.24, 2.45) is 4.58 Å². The molecule has 1 saturated heterocycles. The third-order valence-corrected chi connectivity index (χ3v) is 3.75.